The van der Waals surface area contributed by atoms with Crippen molar-refractivity contribution in [3.63, 3.8) is 0 Å². The summed E-state index contributed by atoms with van der Waals surface area (Å²) in [7, 11) is 1.84. The summed E-state index contributed by atoms with van der Waals surface area (Å²) in [6.45, 7) is 7.95. The summed E-state index contributed by atoms with van der Waals surface area (Å²) in [4.78, 5) is 4.39. The van der Waals surface area contributed by atoms with Gasteiger partial charge in [-0.15, -0.1) is 24.0 Å². The molecule has 1 aromatic rings. The van der Waals surface area contributed by atoms with Crippen LogP contribution < -0.4 is 10.6 Å². The van der Waals surface area contributed by atoms with E-state index in [0.29, 0.717) is 0 Å². The molecule has 5 heteroatoms. The van der Waals surface area contributed by atoms with Crippen molar-refractivity contribution in [2.24, 2.45) is 4.99 Å². The van der Waals surface area contributed by atoms with E-state index in [1.807, 2.05) is 7.05 Å². The number of nitrogens with zero attached hydrogens (tertiary/aromatic N) is 1. The Morgan fingerprint density at radius 2 is 1.88 bits per heavy atom. The highest BCUT2D eigenvalue weighted by molar-refractivity contribution is 14.0. The number of nitrogens with one attached hydrogen (secondary N) is 2. The number of guanidine groups is 1. The van der Waals surface area contributed by atoms with Gasteiger partial charge in [0.15, 0.2) is 5.96 Å². The molecule has 0 bridgehead atoms. The van der Waals surface area contributed by atoms with Gasteiger partial charge in [-0.05, 0) is 31.2 Å². The zero-order valence-corrected chi connectivity index (χ0v) is 18.7. The van der Waals surface area contributed by atoms with Crippen LogP contribution in [0.4, 0.5) is 0 Å². The predicted octanol–water partition coefficient (Wildman–Crippen LogP) is 4.26. The molecule has 2 N–H and O–H groups in total. The zero-order chi connectivity index (χ0) is 18.0. The smallest absolute Gasteiger partial charge is 0.191 e. The number of halogens is 1. The van der Waals surface area contributed by atoms with Gasteiger partial charge >= 0.3 is 0 Å². The van der Waals surface area contributed by atoms with Crippen molar-refractivity contribution < 1.29 is 4.74 Å². The third-order valence-electron chi connectivity index (χ3n) is 5.35. The highest BCUT2D eigenvalue weighted by Gasteiger charge is 2.28. The Bertz CT molecular complexity index is 568. The summed E-state index contributed by atoms with van der Waals surface area (Å²) in [5.74, 6) is 0.884. The fourth-order valence-electron chi connectivity index (χ4n) is 3.41. The quantitative estimate of drug-likeness (QED) is 0.258. The molecule has 0 fully saturated rings. The Balaban J connectivity index is 0.00000338. The zero-order valence-electron chi connectivity index (χ0n) is 16.4. The van der Waals surface area contributed by atoms with Gasteiger partial charge in [0, 0.05) is 25.6 Å². The van der Waals surface area contributed by atoms with Gasteiger partial charge in [0.1, 0.15) is 0 Å². The molecule has 0 spiro atoms. The van der Waals surface area contributed by atoms with Crippen LogP contribution in [0, 0.1) is 0 Å². The van der Waals surface area contributed by atoms with Crippen LogP contribution in [0.15, 0.2) is 47.0 Å². The van der Waals surface area contributed by atoms with E-state index in [9.17, 15) is 0 Å². The highest BCUT2D eigenvalue weighted by atomic mass is 127. The van der Waals surface area contributed by atoms with Gasteiger partial charge in [-0.25, -0.2) is 0 Å². The first kappa shape index (κ1) is 23.0. The highest BCUT2D eigenvalue weighted by Crippen LogP contribution is 2.30. The Morgan fingerprint density at radius 1 is 1.15 bits per heavy atom. The molecule has 2 rings (SSSR count). The maximum Gasteiger partial charge on any atom is 0.191 e. The van der Waals surface area contributed by atoms with E-state index in [1.165, 1.54) is 11.1 Å². The molecule has 0 aliphatic carbocycles. The standard InChI is InChI=1S/C21H33N3O.HI/c1-4-21(5-2,19-9-7-6-8-10-19)17-24-20(22-3)23-14-11-18-12-15-25-16-13-18;/h6-10,12H,4-5,11,13-17H2,1-3H3,(H2,22,23,24);1H. The van der Waals surface area contributed by atoms with Crippen molar-refractivity contribution in [1.82, 2.24) is 10.6 Å². The maximum atomic E-state index is 5.36. The van der Waals surface area contributed by atoms with Crippen LogP contribution in [-0.4, -0.2) is 39.3 Å². The first-order chi connectivity index (χ1) is 12.2. The molecule has 0 radical (unpaired) electrons. The molecule has 4 nitrogen and oxygen atoms in total. The third-order valence-corrected chi connectivity index (χ3v) is 5.35. The molecule has 1 aliphatic rings. The van der Waals surface area contributed by atoms with E-state index in [2.05, 4.69) is 65.9 Å². The van der Waals surface area contributed by atoms with Crippen LogP contribution in [0.25, 0.3) is 0 Å². The SMILES string of the molecule is CCC(CC)(CNC(=NC)NCCC1=CCOCC1)c1ccccc1.I. The van der Waals surface area contributed by atoms with Crippen molar-refractivity contribution >= 4 is 29.9 Å². The monoisotopic (exact) mass is 471 g/mol. The second-order valence-corrected chi connectivity index (χ2v) is 6.64. The largest absolute Gasteiger partial charge is 0.377 e. The lowest BCUT2D eigenvalue weighted by Gasteiger charge is -2.33. The van der Waals surface area contributed by atoms with Gasteiger partial charge in [0.25, 0.3) is 0 Å². The summed E-state index contributed by atoms with van der Waals surface area (Å²) in [5.41, 5.74) is 3.02. The van der Waals surface area contributed by atoms with E-state index in [-0.39, 0.29) is 29.4 Å². The Morgan fingerprint density at radius 3 is 2.46 bits per heavy atom. The van der Waals surface area contributed by atoms with Gasteiger partial charge in [-0.1, -0.05) is 55.8 Å². The first-order valence-corrected chi connectivity index (χ1v) is 9.49. The normalized spacial score (nSPS) is 15.0. The summed E-state index contributed by atoms with van der Waals surface area (Å²) in [5, 5.41) is 6.99. The van der Waals surface area contributed by atoms with Gasteiger partial charge in [-0.2, -0.15) is 0 Å². The van der Waals surface area contributed by atoms with Crippen molar-refractivity contribution in [2.75, 3.05) is 33.4 Å². The topological polar surface area (TPSA) is 45.7 Å². The Labute approximate surface area is 175 Å². The maximum absolute atomic E-state index is 5.36. The van der Waals surface area contributed by atoms with E-state index >= 15 is 0 Å². The number of benzene rings is 1. The summed E-state index contributed by atoms with van der Waals surface area (Å²) in [6, 6.07) is 10.8. The lowest BCUT2D eigenvalue weighted by atomic mass is 9.76. The van der Waals surface area contributed by atoms with Crippen molar-refractivity contribution in [2.45, 2.75) is 44.9 Å². The molecule has 0 saturated carbocycles. The molecular formula is C21H34IN3O. The molecule has 26 heavy (non-hydrogen) atoms. The average Bonchev–Trinajstić information content (AvgIpc) is 2.69. The van der Waals surface area contributed by atoms with E-state index in [4.69, 9.17) is 4.74 Å². The van der Waals surface area contributed by atoms with Crippen LogP contribution in [0.1, 0.15) is 45.1 Å². The van der Waals surface area contributed by atoms with Gasteiger partial charge in [-0.3, -0.25) is 4.99 Å². The van der Waals surface area contributed by atoms with E-state index in [0.717, 1.165) is 57.9 Å². The summed E-state index contributed by atoms with van der Waals surface area (Å²) < 4.78 is 5.36. The lowest BCUT2D eigenvalue weighted by molar-refractivity contribution is 0.153. The molecule has 1 aliphatic heterocycles. The minimum absolute atomic E-state index is 0. The Hall–Kier alpha value is -1.08. The van der Waals surface area contributed by atoms with Crippen molar-refractivity contribution in [1.29, 1.82) is 0 Å². The number of rotatable bonds is 8. The van der Waals surface area contributed by atoms with Gasteiger partial charge < -0.3 is 15.4 Å². The first-order valence-electron chi connectivity index (χ1n) is 9.49. The fourth-order valence-corrected chi connectivity index (χ4v) is 3.41. The molecule has 0 aromatic heterocycles. The Kier molecular flexibility index (Phi) is 10.9. The van der Waals surface area contributed by atoms with Crippen LogP contribution in [0.5, 0.6) is 0 Å². The van der Waals surface area contributed by atoms with Gasteiger partial charge in [0.05, 0.1) is 13.2 Å². The minimum Gasteiger partial charge on any atom is -0.377 e. The van der Waals surface area contributed by atoms with Crippen LogP contribution >= 0.6 is 24.0 Å². The average molecular weight is 471 g/mol. The number of aliphatic imine (C=N–C) groups is 1. The number of ether oxygens (including phenoxy) is 1. The summed E-state index contributed by atoms with van der Waals surface area (Å²) in [6.07, 6.45) is 6.51. The molecule has 0 atom stereocenters. The second kappa shape index (κ2) is 12.3. The second-order valence-electron chi connectivity index (χ2n) is 6.64. The molecule has 0 amide bonds. The van der Waals surface area contributed by atoms with E-state index < -0.39 is 0 Å². The molecule has 0 saturated heterocycles. The molecule has 0 unspecified atom stereocenters. The van der Waals surface area contributed by atoms with Crippen molar-refractivity contribution in [3.05, 3.63) is 47.5 Å². The third kappa shape index (κ3) is 6.58. The molecular weight excluding hydrogens is 437 g/mol. The van der Waals surface area contributed by atoms with E-state index in [1.54, 1.807) is 0 Å². The van der Waals surface area contributed by atoms with Gasteiger partial charge in [0.2, 0.25) is 0 Å². The van der Waals surface area contributed by atoms with Crippen LogP contribution in [-0.2, 0) is 10.2 Å². The molecule has 1 aromatic carbocycles. The van der Waals surface area contributed by atoms with Crippen LogP contribution in [0.3, 0.4) is 0 Å². The lowest BCUT2D eigenvalue weighted by Crippen LogP contribution is -2.45. The van der Waals surface area contributed by atoms with Crippen LogP contribution in [0.2, 0.25) is 0 Å². The molecule has 1 heterocycles. The number of hydrogen-bond donors (Lipinski definition) is 2. The number of hydrogen-bond acceptors (Lipinski definition) is 2. The summed E-state index contributed by atoms with van der Waals surface area (Å²) >= 11 is 0. The predicted molar refractivity (Wildman–Crippen MR) is 122 cm³/mol. The fraction of sp³-hybridized carbons (Fsp3) is 0.571. The minimum atomic E-state index is 0. The molecule has 146 valence electrons. The van der Waals surface area contributed by atoms with Crippen molar-refractivity contribution in [3.8, 4) is 0 Å².